The van der Waals surface area contributed by atoms with Gasteiger partial charge in [-0.05, 0) is 54.8 Å². The summed E-state index contributed by atoms with van der Waals surface area (Å²) in [5.74, 6) is 3.91. The molecule has 0 radical (unpaired) electrons. The molecule has 4 rings (SSSR count). The first kappa shape index (κ1) is 6.86. The van der Waals surface area contributed by atoms with Crippen molar-refractivity contribution in [3.8, 4) is 0 Å². The first-order valence-electron chi connectivity index (χ1n) is 5.68. The lowest BCUT2D eigenvalue weighted by Crippen LogP contribution is -2.20. The van der Waals surface area contributed by atoms with Crippen molar-refractivity contribution < 1.29 is 0 Å². The summed E-state index contributed by atoms with van der Waals surface area (Å²) in [5.41, 5.74) is 2.27. The number of fused-ring (bicyclic) bond motifs is 6. The molecule has 0 amide bonds. The van der Waals surface area contributed by atoms with Crippen LogP contribution in [0, 0.1) is 29.1 Å². The Hall–Kier alpha value is -0.520. The molecule has 4 aliphatic carbocycles. The van der Waals surface area contributed by atoms with Gasteiger partial charge >= 0.3 is 0 Å². The largest absolute Gasteiger partial charge is 0.0993 e. The van der Waals surface area contributed by atoms with Crippen molar-refractivity contribution in [2.75, 3.05) is 0 Å². The van der Waals surface area contributed by atoms with Crippen LogP contribution in [-0.2, 0) is 0 Å². The molecule has 0 aromatic rings. The molecule has 3 fully saturated rings. The maximum Gasteiger partial charge on any atom is -0.00532 e. The summed E-state index contributed by atoms with van der Waals surface area (Å²) in [6.45, 7) is 4.32. The first-order chi connectivity index (χ1) is 6.31. The summed E-state index contributed by atoms with van der Waals surface area (Å²) in [6, 6.07) is 0. The quantitative estimate of drug-likeness (QED) is 0.492. The number of allylic oxidation sites excluding steroid dienone is 3. The highest BCUT2D eigenvalue weighted by molar-refractivity contribution is 5.34. The van der Waals surface area contributed by atoms with Gasteiger partial charge in [0.1, 0.15) is 0 Å². The van der Waals surface area contributed by atoms with Crippen LogP contribution in [0.25, 0.3) is 0 Å². The summed E-state index contributed by atoms with van der Waals surface area (Å²) in [6.07, 6.45) is 10.7. The fourth-order valence-electron chi connectivity index (χ4n) is 4.57. The van der Waals surface area contributed by atoms with Crippen molar-refractivity contribution in [2.45, 2.75) is 25.7 Å². The Balaban J connectivity index is 1.84. The summed E-state index contributed by atoms with van der Waals surface area (Å²) in [5, 5.41) is 0. The standard InChI is InChI=1S/C13H16/c1-8-6-11-9-2-3-10(7-9)12(11)13(8)4-5-13/h2-3,9-12H,1,4-7H2/t9-,10+,11+,12-/m1/s1. The zero-order valence-electron chi connectivity index (χ0n) is 8.00. The van der Waals surface area contributed by atoms with E-state index in [1.165, 1.54) is 25.7 Å². The van der Waals surface area contributed by atoms with E-state index in [1.54, 1.807) is 5.57 Å². The SMILES string of the molecule is C=C1C[C@@H]2[C@@H]([C@H]3C=C[C@@H]2C3)C12CC2. The topological polar surface area (TPSA) is 0 Å². The van der Waals surface area contributed by atoms with E-state index in [4.69, 9.17) is 0 Å². The van der Waals surface area contributed by atoms with E-state index in [9.17, 15) is 0 Å². The summed E-state index contributed by atoms with van der Waals surface area (Å²) < 4.78 is 0. The molecular formula is C13H16. The smallest absolute Gasteiger partial charge is 0.00532 e. The van der Waals surface area contributed by atoms with Gasteiger partial charge in [0.2, 0.25) is 0 Å². The Morgan fingerprint density at radius 1 is 1.23 bits per heavy atom. The molecule has 13 heavy (non-hydrogen) atoms. The summed E-state index contributed by atoms with van der Waals surface area (Å²) in [4.78, 5) is 0. The molecule has 4 atom stereocenters. The van der Waals surface area contributed by atoms with Crippen LogP contribution in [0.3, 0.4) is 0 Å². The van der Waals surface area contributed by atoms with Gasteiger partial charge in [0.25, 0.3) is 0 Å². The molecule has 0 unspecified atom stereocenters. The maximum atomic E-state index is 4.32. The van der Waals surface area contributed by atoms with Crippen molar-refractivity contribution in [3.05, 3.63) is 24.3 Å². The second-order valence-electron chi connectivity index (χ2n) is 5.60. The second kappa shape index (κ2) is 1.80. The zero-order chi connectivity index (χ0) is 8.63. The predicted molar refractivity (Wildman–Crippen MR) is 53.1 cm³/mol. The van der Waals surface area contributed by atoms with Gasteiger partial charge in [0.05, 0.1) is 0 Å². The van der Waals surface area contributed by atoms with E-state index >= 15 is 0 Å². The molecule has 3 saturated carbocycles. The molecule has 0 nitrogen and oxygen atoms in total. The molecule has 0 heterocycles. The minimum atomic E-state index is 0.662. The summed E-state index contributed by atoms with van der Waals surface area (Å²) in [7, 11) is 0. The Kier molecular flexibility index (Phi) is 0.949. The predicted octanol–water partition coefficient (Wildman–Crippen LogP) is 3.16. The highest BCUT2D eigenvalue weighted by atomic mass is 14.7. The van der Waals surface area contributed by atoms with Gasteiger partial charge in [0, 0.05) is 0 Å². The fraction of sp³-hybridized carbons (Fsp3) is 0.692. The average Bonchev–Trinajstić information content (AvgIpc) is 2.52. The van der Waals surface area contributed by atoms with Crippen molar-refractivity contribution in [2.24, 2.45) is 29.1 Å². The van der Waals surface area contributed by atoms with E-state index in [-0.39, 0.29) is 0 Å². The van der Waals surface area contributed by atoms with E-state index in [0.29, 0.717) is 5.41 Å². The van der Waals surface area contributed by atoms with Gasteiger partial charge < -0.3 is 0 Å². The molecule has 0 aromatic heterocycles. The van der Waals surface area contributed by atoms with E-state index in [2.05, 4.69) is 18.7 Å². The lowest BCUT2D eigenvalue weighted by atomic mass is 9.79. The molecule has 0 aliphatic heterocycles. The molecule has 68 valence electrons. The molecule has 0 saturated heterocycles. The highest BCUT2D eigenvalue weighted by Gasteiger charge is 2.64. The van der Waals surface area contributed by atoms with Crippen LogP contribution >= 0.6 is 0 Å². The van der Waals surface area contributed by atoms with Crippen LogP contribution < -0.4 is 0 Å². The van der Waals surface area contributed by atoms with Gasteiger partial charge in [-0.1, -0.05) is 24.3 Å². The van der Waals surface area contributed by atoms with Crippen molar-refractivity contribution in [1.82, 2.24) is 0 Å². The molecule has 0 heteroatoms. The van der Waals surface area contributed by atoms with Crippen molar-refractivity contribution >= 4 is 0 Å². The lowest BCUT2D eigenvalue weighted by molar-refractivity contribution is 0.283. The summed E-state index contributed by atoms with van der Waals surface area (Å²) >= 11 is 0. The van der Waals surface area contributed by atoms with Gasteiger partial charge in [0.15, 0.2) is 0 Å². The molecule has 0 aromatic carbocycles. The van der Waals surface area contributed by atoms with Crippen LogP contribution in [0.1, 0.15) is 25.7 Å². The Bertz CT molecular complexity index is 319. The zero-order valence-corrected chi connectivity index (χ0v) is 8.00. The number of hydrogen-bond acceptors (Lipinski definition) is 0. The Labute approximate surface area is 79.7 Å². The third kappa shape index (κ3) is 0.600. The normalized spacial score (nSPS) is 53.4. The van der Waals surface area contributed by atoms with Crippen LogP contribution in [0.2, 0.25) is 0 Å². The van der Waals surface area contributed by atoms with E-state index in [0.717, 1.165) is 23.7 Å². The Morgan fingerprint density at radius 2 is 2.00 bits per heavy atom. The van der Waals surface area contributed by atoms with Gasteiger partial charge in [-0.3, -0.25) is 0 Å². The number of rotatable bonds is 0. The van der Waals surface area contributed by atoms with Crippen LogP contribution in [0.4, 0.5) is 0 Å². The highest BCUT2D eigenvalue weighted by Crippen LogP contribution is 2.73. The van der Waals surface area contributed by atoms with Crippen molar-refractivity contribution in [1.29, 1.82) is 0 Å². The minimum Gasteiger partial charge on any atom is -0.0993 e. The molecule has 0 N–H and O–H groups in total. The molecule has 1 spiro atoms. The van der Waals surface area contributed by atoms with Gasteiger partial charge in [-0.25, -0.2) is 0 Å². The fourth-order valence-corrected chi connectivity index (χ4v) is 4.57. The van der Waals surface area contributed by atoms with Gasteiger partial charge in [-0.15, -0.1) is 0 Å². The Morgan fingerprint density at radius 3 is 2.77 bits per heavy atom. The lowest BCUT2D eigenvalue weighted by Gasteiger charge is -2.25. The van der Waals surface area contributed by atoms with E-state index in [1.807, 2.05) is 0 Å². The second-order valence-corrected chi connectivity index (χ2v) is 5.60. The molecule has 2 bridgehead atoms. The van der Waals surface area contributed by atoms with Gasteiger partial charge in [-0.2, -0.15) is 0 Å². The third-order valence-corrected chi connectivity index (χ3v) is 5.24. The number of hydrogen-bond donors (Lipinski definition) is 0. The average molecular weight is 172 g/mol. The minimum absolute atomic E-state index is 0.662. The van der Waals surface area contributed by atoms with Crippen molar-refractivity contribution in [3.63, 3.8) is 0 Å². The molecular weight excluding hydrogens is 156 g/mol. The molecule has 4 aliphatic rings. The third-order valence-electron chi connectivity index (χ3n) is 5.24. The maximum absolute atomic E-state index is 4.32. The van der Waals surface area contributed by atoms with Crippen LogP contribution in [0.15, 0.2) is 24.3 Å². The van der Waals surface area contributed by atoms with Crippen LogP contribution in [0.5, 0.6) is 0 Å². The monoisotopic (exact) mass is 172 g/mol. The first-order valence-corrected chi connectivity index (χ1v) is 5.68. The van der Waals surface area contributed by atoms with Crippen LogP contribution in [-0.4, -0.2) is 0 Å². The van der Waals surface area contributed by atoms with E-state index < -0.39 is 0 Å².